The maximum Gasteiger partial charge on any atom is 0.321 e. The summed E-state index contributed by atoms with van der Waals surface area (Å²) in [6.45, 7) is 3.54. The van der Waals surface area contributed by atoms with Crippen LogP contribution in [0.25, 0.3) is 0 Å². The molecule has 0 spiro atoms. The van der Waals surface area contributed by atoms with Crippen LogP contribution in [0.5, 0.6) is 0 Å². The average Bonchev–Trinajstić information content (AvgIpc) is 2.92. The molecule has 1 aliphatic heterocycles. The van der Waals surface area contributed by atoms with Gasteiger partial charge in [-0.15, -0.1) is 0 Å². The van der Waals surface area contributed by atoms with Crippen LogP contribution in [0.2, 0.25) is 0 Å². The highest BCUT2D eigenvalue weighted by atomic mass is 16.2. The van der Waals surface area contributed by atoms with Gasteiger partial charge in [-0.05, 0) is 42.9 Å². The molecule has 0 atom stereocenters. The number of amides is 2. The van der Waals surface area contributed by atoms with Gasteiger partial charge in [-0.1, -0.05) is 0 Å². The molecule has 3 N–H and O–H groups in total. The number of nitrogens with two attached hydrogens (primary N) is 1. The predicted molar refractivity (Wildman–Crippen MR) is 89.2 cm³/mol. The van der Waals surface area contributed by atoms with Gasteiger partial charge in [0.15, 0.2) is 0 Å². The predicted octanol–water partition coefficient (Wildman–Crippen LogP) is 2.12. The number of nitrogen functional groups attached to an aromatic ring is 1. The zero-order chi connectivity index (χ0) is 16.4. The fourth-order valence-electron chi connectivity index (χ4n) is 3.10. The van der Waals surface area contributed by atoms with Crippen LogP contribution >= 0.6 is 0 Å². The molecule has 1 aliphatic rings. The first-order valence-corrected chi connectivity index (χ1v) is 7.79. The Labute approximate surface area is 135 Å². The van der Waals surface area contributed by atoms with E-state index in [9.17, 15) is 4.79 Å². The summed E-state index contributed by atoms with van der Waals surface area (Å²) >= 11 is 0. The molecule has 1 fully saturated rings. The van der Waals surface area contributed by atoms with Crippen molar-refractivity contribution in [2.45, 2.75) is 25.7 Å². The van der Waals surface area contributed by atoms with E-state index in [1.165, 1.54) is 11.1 Å². The van der Waals surface area contributed by atoms with E-state index < -0.39 is 0 Å². The van der Waals surface area contributed by atoms with E-state index in [0.29, 0.717) is 11.7 Å². The molecule has 7 heteroatoms. The van der Waals surface area contributed by atoms with Gasteiger partial charge in [-0.25, -0.2) is 9.78 Å². The SMILES string of the molecule is Cc1cc(N)ncc1C1CCN(C(=O)Nc2cnn(C)c2)CC1. The first-order valence-electron chi connectivity index (χ1n) is 7.79. The minimum atomic E-state index is -0.0661. The fourth-order valence-corrected chi connectivity index (χ4v) is 3.10. The van der Waals surface area contributed by atoms with Crippen LogP contribution in [0.3, 0.4) is 0 Å². The lowest BCUT2D eigenvalue weighted by Gasteiger charge is -2.32. The lowest BCUT2D eigenvalue weighted by Crippen LogP contribution is -2.40. The van der Waals surface area contributed by atoms with Crippen molar-refractivity contribution in [3.8, 4) is 0 Å². The number of pyridine rings is 1. The number of carbonyl (C=O) groups is 1. The minimum absolute atomic E-state index is 0.0661. The summed E-state index contributed by atoms with van der Waals surface area (Å²) in [4.78, 5) is 18.3. The Kier molecular flexibility index (Phi) is 4.18. The second kappa shape index (κ2) is 6.28. The third kappa shape index (κ3) is 3.44. The number of nitrogens with one attached hydrogen (secondary N) is 1. The van der Waals surface area contributed by atoms with E-state index >= 15 is 0 Å². The quantitative estimate of drug-likeness (QED) is 0.888. The standard InChI is InChI=1S/C16H22N6O/c1-11-7-15(17)18-9-14(11)12-3-5-22(6-4-12)16(23)20-13-8-19-21(2)10-13/h7-10,12H,3-6H2,1-2H3,(H2,17,18)(H,20,23). The van der Waals surface area contributed by atoms with Crippen molar-refractivity contribution in [1.29, 1.82) is 0 Å². The highest BCUT2D eigenvalue weighted by molar-refractivity contribution is 5.89. The van der Waals surface area contributed by atoms with E-state index in [0.717, 1.165) is 31.6 Å². The fraction of sp³-hybridized carbons (Fsp3) is 0.438. The first-order chi connectivity index (χ1) is 11.0. The lowest BCUT2D eigenvalue weighted by atomic mass is 9.88. The molecule has 23 heavy (non-hydrogen) atoms. The van der Waals surface area contributed by atoms with Gasteiger partial charge in [-0.3, -0.25) is 4.68 Å². The van der Waals surface area contributed by atoms with Crippen molar-refractivity contribution in [3.05, 3.63) is 35.8 Å². The highest BCUT2D eigenvalue weighted by Crippen LogP contribution is 2.30. The molecule has 0 saturated carbocycles. The van der Waals surface area contributed by atoms with Crippen molar-refractivity contribution >= 4 is 17.5 Å². The number of anilines is 2. The Morgan fingerprint density at radius 3 is 2.70 bits per heavy atom. The van der Waals surface area contributed by atoms with Gasteiger partial charge in [0.05, 0.1) is 11.9 Å². The largest absolute Gasteiger partial charge is 0.384 e. The number of nitrogens with zero attached hydrogens (tertiary/aromatic N) is 4. The second-order valence-electron chi connectivity index (χ2n) is 6.06. The normalized spacial score (nSPS) is 15.7. The number of likely N-dealkylation sites (tertiary alicyclic amines) is 1. The van der Waals surface area contributed by atoms with Crippen LogP contribution in [-0.4, -0.2) is 38.8 Å². The number of urea groups is 1. The number of hydrogen-bond donors (Lipinski definition) is 2. The molecule has 3 heterocycles. The summed E-state index contributed by atoms with van der Waals surface area (Å²) in [5.41, 5.74) is 8.85. The summed E-state index contributed by atoms with van der Waals surface area (Å²) in [6, 6.07) is 1.85. The van der Waals surface area contributed by atoms with Crippen molar-refractivity contribution in [1.82, 2.24) is 19.7 Å². The summed E-state index contributed by atoms with van der Waals surface area (Å²) in [5.74, 6) is 0.991. The lowest BCUT2D eigenvalue weighted by molar-refractivity contribution is 0.194. The Morgan fingerprint density at radius 2 is 2.09 bits per heavy atom. The molecule has 2 aromatic heterocycles. The minimum Gasteiger partial charge on any atom is -0.384 e. The number of aromatic nitrogens is 3. The summed E-state index contributed by atoms with van der Waals surface area (Å²) in [5, 5.41) is 6.93. The zero-order valence-corrected chi connectivity index (χ0v) is 13.5. The topological polar surface area (TPSA) is 89.1 Å². The third-order valence-electron chi connectivity index (χ3n) is 4.35. The Bertz CT molecular complexity index is 702. The van der Waals surface area contributed by atoms with Gasteiger partial charge < -0.3 is 16.0 Å². The molecule has 0 bridgehead atoms. The van der Waals surface area contributed by atoms with Crippen LogP contribution in [0.4, 0.5) is 16.3 Å². The number of hydrogen-bond acceptors (Lipinski definition) is 4. The molecule has 0 aliphatic carbocycles. The molecular weight excluding hydrogens is 292 g/mol. The van der Waals surface area contributed by atoms with Crippen LogP contribution < -0.4 is 11.1 Å². The zero-order valence-electron chi connectivity index (χ0n) is 13.5. The molecule has 3 rings (SSSR count). The maximum atomic E-state index is 12.3. The molecule has 0 radical (unpaired) electrons. The maximum absolute atomic E-state index is 12.3. The molecule has 0 unspecified atom stereocenters. The Balaban J connectivity index is 1.58. The highest BCUT2D eigenvalue weighted by Gasteiger charge is 2.25. The molecule has 0 aromatic carbocycles. The van der Waals surface area contributed by atoms with Gasteiger partial charge in [-0.2, -0.15) is 5.10 Å². The number of rotatable bonds is 2. The van der Waals surface area contributed by atoms with Gasteiger partial charge in [0.1, 0.15) is 5.82 Å². The van der Waals surface area contributed by atoms with Crippen molar-refractivity contribution < 1.29 is 4.79 Å². The van der Waals surface area contributed by atoms with E-state index in [-0.39, 0.29) is 6.03 Å². The van der Waals surface area contributed by atoms with Crippen molar-refractivity contribution in [2.75, 3.05) is 24.1 Å². The first kappa shape index (κ1) is 15.3. The summed E-state index contributed by atoms with van der Waals surface area (Å²) < 4.78 is 1.67. The van der Waals surface area contributed by atoms with Crippen LogP contribution in [0.1, 0.15) is 29.9 Å². The molecule has 1 saturated heterocycles. The average molecular weight is 314 g/mol. The van der Waals surface area contributed by atoms with Gasteiger partial charge in [0, 0.05) is 32.5 Å². The Hall–Kier alpha value is -2.57. The summed E-state index contributed by atoms with van der Waals surface area (Å²) in [6.07, 6.45) is 7.18. The molecule has 2 amide bonds. The third-order valence-corrected chi connectivity index (χ3v) is 4.35. The monoisotopic (exact) mass is 314 g/mol. The smallest absolute Gasteiger partial charge is 0.321 e. The van der Waals surface area contributed by atoms with E-state index in [1.54, 1.807) is 17.1 Å². The number of aryl methyl sites for hydroxylation is 2. The van der Waals surface area contributed by atoms with Gasteiger partial charge in [0.25, 0.3) is 0 Å². The van der Waals surface area contributed by atoms with Crippen LogP contribution in [-0.2, 0) is 7.05 Å². The summed E-state index contributed by atoms with van der Waals surface area (Å²) in [7, 11) is 1.82. The van der Waals surface area contributed by atoms with Gasteiger partial charge >= 0.3 is 6.03 Å². The van der Waals surface area contributed by atoms with E-state index in [1.807, 2.05) is 24.2 Å². The Morgan fingerprint density at radius 1 is 1.35 bits per heavy atom. The molecule has 122 valence electrons. The second-order valence-corrected chi connectivity index (χ2v) is 6.06. The molecule has 7 nitrogen and oxygen atoms in total. The molecule has 2 aromatic rings. The number of carbonyl (C=O) groups excluding carboxylic acids is 1. The van der Waals surface area contributed by atoms with Crippen LogP contribution in [0.15, 0.2) is 24.7 Å². The van der Waals surface area contributed by atoms with Crippen molar-refractivity contribution in [2.24, 2.45) is 7.05 Å². The van der Waals surface area contributed by atoms with Crippen LogP contribution in [0, 0.1) is 6.92 Å². The van der Waals surface area contributed by atoms with E-state index in [2.05, 4.69) is 22.3 Å². The number of piperidine rings is 1. The van der Waals surface area contributed by atoms with Gasteiger partial charge in [0.2, 0.25) is 0 Å². The molecular formula is C16H22N6O. The van der Waals surface area contributed by atoms with Crippen molar-refractivity contribution in [3.63, 3.8) is 0 Å². The van der Waals surface area contributed by atoms with E-state index in [4.69, 9.17) is 5.73 Å².